The third kappa shape index (κ3) is 7.49. The quantitative estimate of drug-likeness (QED) is 0.353. The number of methoxy groups -OCH3 is 1. The minimum Gasteiger partial charge on any atom is -0.385 e. The van der Waals surface area contributed by atoms with Gasteiger partial charge in [0.1, 0.15) is 0 Å². The molecule has 1 heterocycles. The van der Waals surface area contributed by atoms with Crippen LogP contribution in [0.4, 0.5) is 13.2 Å². The SMILES string of the molecule is COCCCN(Cc1cccn1Cc1cccc(C(F)(F)F)c1)C(=O)CCc1ccccc1. The first-order chi connectivity index (χ1) is 15.9. The van der Waals surface area contributed by atoms with Gasteiger partial charge >= 0.3 is 6.18 Å². The highest BCUT2D eigenvalue weighted by atomic mass is 19.4. The number of hydrogen-bond donors (Lipinski definition) is 0. The van der Waals surface area contributed by atoms with Crippen LogP contribution in [0.5, 0.6) is 0 Å². The number of benzene rings is 2. The molecule has 0 aliphatic heterocycles. The van der Waals surface area contributed by atoms with Gasteiger partial charge in [-0.05, 0) is 48.2 Å². The van der Waals surface area contributed by atoms with E-state index in [2.05, 4.69) is 0 Å². The van der Waals surface area contributed by atoms with Crippen LogP contribution in [0, 0.1) is 0 Å². The van der Waals surface area contributed by atoms with Crippen LogP contribution in [-0.2, 0) is 35.2 Å². The maximum Gasteiger partial charge on any atom is 0.416 e. The molecule has 0 N–H and O–H groups in total. The number of hydrogen-bond acceptors (Lipinski definition) is 2. The topological polar surface area (TPSA) is 34.5 Å². The molecule has 0 saturated carbocycles. The fourth-order valence-corrected chi connectivity index (χ4v) is 3.73. The van der Waals surface area contributed by atoms with Crippen LogP contribution in [0.3, 0.4) is 0 Å². The summed E-state index contributed by atoms with van der Waals surface area (Å²) in [6.45, 7) is 1.80. The number of carbonyl (C=O) groups excluding carboxylic acids is 1. The Kier molecular flexibility index (Phi) is 8.72. The van der Waals surface area contributed by atoms with Gasteiger partial charge in [-0.15, -0.1) is 0 Å². The number of halogens is 3. The van der Waals surface area contributed by atoms with E-state index in [1.54, 1.807) is 18.1 Å². The van der Waals surface area contributed by atoms with Crippen LogP contribution in [0.1, 0.15) is 35.2 Å². The number of aryl methyl sites for hydroxylation is 1. The van der Waals surface area contributed by atoms with Gasteiger partial charge in [-0.25, -0.2) is 0 Å². The van der Waals surface area contributed by atoms with Gasteiger partial charge in [-0.1, -0.05) is 42.5 Å². The average molecular weight is 459 g/mol. The van der Waals surface area contributed by atoms with E-state index in [-0.39, 0.29) is 5.91 Å². The Labute approximate surface area is 192 Å². The molecule has 0 fully saturated rings. The van der Waals surface area contributed by atoms with Gasteiger partial charge in [-0.2, -0.15) is 13.2 Å². The Morgan fingerprint density at radius 2 is 1.76 bits per heavy atom. The van der Waals surface area contributed by atoms with Crippen LogP contribution in [-0.4, -0.2) is 35.6 Å². The summed E-state index contributed by atoms with van der Waals surface area (Å²) < 4.78 is 46.2. The Morgan fingerprint density at radius 3 is 2.48 bits per heavy atom. The van der Waals surface area contributed by atoms with E-state index in [9.17, 15) is 18.0 Å². The fraction of sp³-hybridized carbons (Fsp3) is 0.346. The molecule has 1 amide bonds. The molecule has 2 aromatic carbocycles. The zero-order valence-electron chi connectivity index (χ0n) is 18.7. The molecule has 33 heavy (non-hydrogen) atoms. The summed E-state index contributed by atoms with van der Waals surface area (Å²) in [4.78, 5) is 14.8. The summed E-state index contributed by atoms with van der Waals surface area (Å²) in [7, 11) is 1.63. The molecule has 3 aromatic rings. The van der Waals surface area contributed by atoms with Gasteiger partial charge in [0.15, 0.2) is 0 Å². The van der Waals surface area contributed by atoms with Gasteiger partial charge < -0.3 is 14.2 Å². The molecule has 3 rings (SSSR count). The second kappa shape index (κ2) is 11.7. The van der Waals surface area contributed by atoms with Crippen molar-refractivity contribution in [1.82, 2.24) is 9.47 Å². The molecule has 7 heteroatoms. The molecular formula is C26H29F3N2O2. The lowest BCUT2D eigenvalue weighted by atomic mass is 10.1. The smallest absolute Gasteiger partial charge is 0.385 e. The molecule has 0 spiro atoms. The van der Waals surface area contributed by atoms with Crippen molar-refractivity contribution in [3.8, 4) is 0 Å². The number of alkyl halides is 3. The van der Waals surface area contributed by atoms with Crippen LogP contribution < -0.4 is 0 Å². The molecule has 0 radical (unpaired) electrons. The molecule has 0 unspecified atom stereocenters. The second-order valence-corrected chi connectivity index (χ2v) is 7.97. The van der Waals surface area contributed by atoms with Crippen LogP contribution in [0.15, 0.2) is 72.9 Å². The fourth-order valence-electron chi connectivity index (χ4n) is 3.73. The largest absolute Gasteiger partial charge is 0.416 e. The Hall–Kier alpha value is -3.06. The number of aromatic nitrogens is 1. The van der Waals surface area contributed by atoms with Crippen molar-refractivity contribution < 1.29 is 22.7 Å². The van der Waals surface area contributed by atoms with Crippen LogP contribution in [0.25, 0.3) is 0 Å². The molecule has 0 aliphatic carbocycles. The monoisotopic (exact) mass is 458 g/mol. The van der Waals surface area contributed by atoms with Crippen molar-refractivity contribution in [3.05, 3.63) is 95.3 Å². The molecule has 176 valence electrons. The van der Waals surface area contributed by atoms with Crippen molar-refractivity contribution in [3.63, 3.8) is 0 Å². The molecule has 0 saturated heterocycles. The molecular weight excluding hydrogens is 429 g/mol. The second-order valence-electron chi connectivity index (χ2n) is 7.97. The zero-order chi connectivity index (χ0) is 23.7. The number of nitrogens with zero attached hydrogens (tertiary/aromatic N) is 2. The standard InChI is InChI=1S/C26H29F3N2O2/c1-33-17-7-16-31(25(32)14-13-21-8-3-2-4-9-21)20-24-12-6-15-30(24)19-22-10-5-11-23(18-22)26(27,28)29/h2-6,8-12,15,18H,7,13-14,16-17,19-20H2,1H3. The minimum atomic E-state index is -4.38. The highest BCUT2D eigenvalue weighted by molar-refractivity contribution is 5.76. The van der Waals surface area contributed by atoms with Crippen molar-refractivity contribution in [1.29, 1.82) is 0 Å². The van der Waals surface area contributed by atoms with E-state index in [1.165, 1.54) is 12.1 Å². The molecule has 0 bridgehead atoms. The number of rotatable bonds is 11. The predicted octanol–water partition coefficient (Wildman–Crippen LogP) is 5.55. The molecule has 0 atom stereocenters. The van der Waals surface area contributed by atoms with Gasteiger partial charge in [0.25, 0.3) is 0 Å². The zero-order valence-corrected chi connectivity index (χ0v) is 18.7. The maximum atomic E-state index is 13.1. The number of amides is 1. The molecule has 0 aliphatic rings. The lowest BCUT2D eigenvalue weighted by molar-refractivity contribution is -0.137. The first kappa shape index (κ1) is 24.6. The third-order valence-corrected chi connectivity index (χ3v) is 5.48. The predicted molar refractivity (Wildman–Crippen MR) is 122 cm³/mol. The van der Waals surface area contributed by atoms with Gasteiger partial charge in [0.2, 0.25) is 5.91 Å². The Balaban J connectivity index is 1.70. The number of ether oxygens (including phenoxy) is 1. The van der Waals surface area contributed by atoms with E-state index in [0.29, 0.717) is 51.1 Å². The van der Waals surface area contributed by atoms with Crippen LogP contribution >= 0.6 is 0 Å². The first-order valence-corrected chi connectivity index (χ1v) is 11.0. The lowest BCUT2D eigenvalue weighted by Gasteiger charge is -2.24. The van der Waals surface area contributed by atoms with Crippen molar-refractivity contribution in [2.45, 2.75) is 38.5 Å². The summed E-state index contributed by atoms with van der Waals surface area (Å²) in [5.74, 6) is 0.0433. The highest BCUT2D eigenvalue weighted by Gasteiger charge is 2.30. The summed E-state index contributed by atoms with van der Waals surface area (Å²) in [6, 6.07) is 19.0. The summed E-state index contributed by atoms with van der Waals surface area (Å²) in [5, 5.41) is 0. The van der Waals surface area contributed by atoms with E-state index < -0.39 is 11.7 Å². The van der Waals surface area contributed by atoms with E-state index in [4.69, 9.17) is 4.74 Å². The van der Waals surface area contributed by atoms with E-state index in [1.807, 2.05) is 53.2 Å². The third-order valence-electron chi connectivity index (χ3n) is 5.48. The summed E-state index contributed by atoms with van der Waals surface area (Å²) in [5.41, 5.74) is 1.88. The minimum absolute atomic E-state index is 0.0433. The van der Waals surface area contributed by atoms with Crippen molar-refractivity contribution in [2.24, 2.45) is 0 Å². The maximum absolute atomic E-state index is 13.1. The first-order valence-electron chi connectivity index (χ1n) is 11.0. The van der Waals surface area contributed by atoms with E-state index >= 15 is 0 Å². The average Bonchev–Trinajstić information content (AvgIpc) is 3.23. The van der Waals surface area contributed by atoms with Crippen molar-refractivity contribution >= 4 is 5.91 Å². The lowest BCUT2D eigenvalue weighted by Crippen LogP contribution is -2.33. The molecule has 4 nitrogen and oxygen atoms in total. The number of carbonyl (C=O) groups is 1. The summed E-state index contributed by atoms with van der Waals surface area (Å²) >= 11 is 0. The highest BCUT2D eigenvalue weighted by Crippen LogP contribution is 2.29. The Morgan fingerprint density at radius 1 is 1.00 bits per heavy atom. The Bertz CT molecular complexity index is 1020. The summed E-state index contributed by atoms with van der Waals surface area (Å²) in [6.07, 6.45) is -0.783. The van der Waals surface area contributed by atoms with Crippen LogP contribution in [0.2, 0.25) is 0 Å². The van der Waals surface area contributed by atoms with Gasteiger partial charge in [0, 0.05) is 45.1 Å². The normalized spacial score (nSPS) is 11.5. The van der Waals surface area contributed by atoms with E-state index in [0.717, 1.165) is 17.3 Å². The van der Waals surface area contributed by atoms with Crippen molar-refractivity contribution in [2.75, 3.05) is 20.3 Å². The molecule has 1 aromatic heterocycles. The van der Waals surface area contributed by atoms with Gasteiger partial charge in [0.05, 0.1) is 12.1 Å². The van der Waals surface area contributed by atoms with Gasteiger partial charge in [-0.3, -0.25) is 4.79 Å².